The SMILES string of the molecule is CC(N)CC1C2CCC1N(Cc1ccccc1)C2. The van der Waals surface area contributed by atoms with Gasteiger partial charge in [0, 0.05) is 25.2 Å². The van der Waals surface area contributed by atoms with E-state index in [1.807, 2.05) is 0 Å². The predicted octanol–water partition coefficient (Wildman–Crippen LogP) is 2.63. The molecule has 2 nitrogen and oxygen atoms in total. The summed E-state index contributed by atoms with van der Waals surface area (Å²) in [7, 11) is 0. The van der Waals surface area contributed by atoms with E-state index in [1.54, 1.807) is 0 Å². The molecule has 1 saturated heterocycles. The second kappa shape index (κ2) is 5.02. The molecule has 18 heavy (non-hydrogen) atoms. The molecule has 4 atom stereocenters. The first-order valence-electron chi connectivity index (χ1n) is 7.27. The Balaban J connectivity index is 1.66. The molecule has 2 N–H and O–H groups in total. The molecule has 0 amide bonds. The zero-order valence-corrected chi connectivity index (χ0v) is 11.3. The van der Waals surface area contributed by atoms with Crippen LogP contribution in [0.1, 0.15) is 31.7 Å². The van der Waals surface area contributed by atoms with E-state index < -0.39 is 0 Å². The van der Waals surface area contributed by atoms with Gasteiger partial charge in [-0.15, -0.1) is 0 Å². The normalized spacial score (nSPS) is 32.9. The fraction of sp³-hybridized carbons (Fsp3) is 0.625. The number of hydrogen-bond donors (Lipinski definition) is 1. The highest BCUT2D eigenvalue weighted by Crippen LogP contribution is 2.45. The molecule has 1 aliphatic heterocycles. The number of fused-ring (bicyclic) bond motifs is 2. The van der Waals surface area contributed by atoms with Crippen molar-refractivity contribution < 1.29 is 0 Å². The molecule has 3 rings (SSSR count). The summed E-state index contributed by atoms with van der Waals surface area (Å²) in [6, 6.07) is 12.0. The lowest BCUT2D eigenvalue weighted by Crippen LogP contribution is -2.33. The Hall–Kier alpha value is -0.860. The summed E-state index contributed by atoms with van der Waals surface area (Å²) in [6.07, 6.45) is 4.02. The fourth-order valence-electron chi connectivity index (χ4n) is 4.02. The molecular weight excluding hydrogens is 220 g/mol. The third-order valence-electron chi connectivity index (χ3n) is 4.74. The molecule has 98 valence electrons. The second-order valence-corrected chi connectivity index (χ2v) is 6.20. The van der Waals surface area contributed by atoms with Gasteiger partial charge in [0.1, 0.15) is 0 Å². The van der Waals surface area contributed by atoms with Gasteiger partial charge in [0.15, 0.2) is 0 Å². The van der Waals surface area contributed by atoms with Gasteiger partial charge in [-0.05, 0) is 43.6 Å². The van der Waals surface area contributed by atoms with Gasteiger partial charge in [-0.1, -0.05) is 30.3 Å². The number of nitrogens with two attached hydrogens (primary N) is 1. The Morgan fingerprint density at radius 1 is 1.28 bits per heavy atom. The largest absolute Gasteiger partial charge is 0.328 e. The molecule has 1 aliphatic carbocycles. The van der Waals surface area contributed by atoms with Crippen LogP contribution in [-0.4, -0.2) is 23.5 Å². The molecule has 1 heterocycles. The monoisotopic (exact) mass is 244 g/mol. The quantitative estimate of drug-likeness (QED) is 0.882. The minimum atomic E-state index is 0.356. The Morgan fingerprint density at radius 2 is 2.06 bits per heavy atom. The van der Waals surface area contributed by atoms with E-state index >= 15 is 0 Å². The van der Waals surface area contributed by atoms with E-state index in [2.05, 4.69) is 42.2 Å². The van der Waals surface area contributed by atoms with Crippen molar-refractivity contribution >= 4 is 0 Å². The van der Waals surface area contributed by atoms with Crippen LogP contribution < -0.4 is 5.73 Å². The maximum absolute atomic E-state index is 6.00. The Bertz CT molecular complexity index is 387. The second-order valence-electron chi connectivity index (χ2n) is 6.20. The summed E-state index contributed by atoms with van der Waals surface area (Å²) in [4.78, 5) is 2.69. The molecule has 2 heteroatoms. The maximum atomic E-state index is 6.00. The van der Waals surface area contributed by atoms with E-state index in [4.69, 9.17) is 5.73 Å². The molecule has 1 aromatic rings. The lowest BCUT2D eigenvalue weighted by molar-refractivity contribution is 0.195. The van der Waals surface area contributed by atoms with Gasteiger partial charge < -0.3 is 5.73 Å². The van der Waals surface area contributed by atoms with E-state index in [9.17, 15) is 0 Å². The third-order valence-corrected chi connectivity index (χ3v) is 4.74. The van der Waals surface area contributed by atoms with Crippen LogP contribution in [0.4, 0.5) is 0 Å². The number of likely N-dealkylation sites (tertiary alicyclic amines) is 1. The van der Waals surface area contributed by atoms with Crippen LogP contribution >= 0.6 is 0 Å². The fourth-order valence-corrected chi connectivity index (χ4v) is 4.02. The lowest BCUT2D eigenvalue weighted by atomic mass is 9.92. The number of rotatable bonds is 4. The van der Waals surface area contributed by atoms with E-state index in [-0.39, 0.29) is 0 Å². The molecule has 0 radical (unpaired) electrons. The average Bonchev–Trinajstić information content (AvgIpc) is 2.86. The summed E-state index contributed by atoms with van der Waals surface area (Å²) in [5, 5.41) is 0. The lowest BCUT2D eigenvalue weighted by Gasteiger charge is -2.27. The van der Waals surface area contributed by atoms with Crippen molar-refractivity contribution in [3.63, 3.8) is 0 Å². The summed E-state index contributed by atoms with van der Waals surface area (Å²) in [5.74, 6) is 1.76. The maximum Gasteiger partial charge on any atom is 0.0236 e. The average molecular weight is 244 g/mol. The third kappa shape index (κ3) is 2.32. The highest BCUT2D eigenvalue weighted by Gasteiger charge is 2.46. The molecule has 2 fully saturated rings. The van der Waals surface area contributed by atoms with Crippen LogP contribution in [0.5, 0.6) is 0 Å². The zero-order valence-electron chi connectivity index (χ0n) is 11.3. The highest BCUT2D eigenvalue weighted by molar-refractivity contribution is 5.15. The van der Waals surface area contributed by atoms with Crippen LogP contribution in [0.15, 0.2) is 30.3 Å². The Kier molecular flexibility index (Phi) is 3.40. The molecule has 0 spiro atoms. The molecule has 2 aliphatic rings. The van der Waals surface area contributed by atoms with Gasteiger partial charge in [0.05, 0.1) is 0 Å². The van der Waals surface area contributed by atoms with Crippen molar-refractivity contribution in [2.75, 3.05) is 6.54 Å². The molecule has 0 aromatic heterocycles. The van der Waals surface area contributed by atoms with Crippen molar-refractivity contribution in [3.8, 4) is 0 Å². The van der Waals surface area contributed by atoms with Crippen LogP contribution in [0, 0.1) is 11.8 Å². The Labute approximate surface area is 110 Å². The van der Waals surface area contributed by atoms with Gasteiger partial charge in [0.25, 0.3) is 0 Å². The first-order chi connectivity index (χ1) is 8.74. The van der Waals surface area contributed by atoms with Crippen molar-refractivity contribution in [2.45, 2.75) is 44.8 Å². The van der Waals surface area contributed by atoms with Crippen molar-refractivity contribution in [1.82, 2.24) is 4.90 Å². The Morgan fingerprint density at radius 3 is 2.78 bits per heavy atom. The summed E-state index contributed by atoms with van der Waals surface area (Å²) in [5.41, 5.74) is 7.45. The van der Waals surface area contributed by atoms with E-state index in [0.717, 1.165) is 24.4 Å². The minimum Gasteiger partial charge on any atom is -0.328 e. The standard InChI is InChI=1S/C16H24N2/c1-12(17)9-15-14-7-8-16(15)18(11-14)10-13-5-3-2-4-6-13/h2-6,12,14-16H,7-11,17H2,1H3. The van der Waals surface area contributed by atoms with Crippen molar-refractivity contribution in [3.05, 3.63) is 35.9 Å². The van der Waals surface area contributed by atoms with Crippen LogP contribution in [0.25, 0.3) is 0 Å². The zero-order chi connectivity index (χ0) is 12.5. The predicted molar refractivity (Wildman–Crippen MR) is 75.1 cm³/mol. The molecular formula is C16H24N2. The number of hydrogen-bond acceptors (Lipinski definition) is 2. The van der Waals surface area contributed by atoms with Gasteiger partial charge in [-0.2, -0.15) is 0 Å². The highest BCUT2D eigenvalue weighted by atomic mass is 15.2. The van der Waals surface area contributed by atoms with Gasteiger partial charge in [-0.25, -0.2) is 0 Å². The summed E-state index contributed by atoms with van der Waals surface area (Å²) < 4.78 is 0. The van der Waals surface area contributed by atoms with Crippen molar-refractivity contribution in [1.29, 1.82) is 0 Å². The van der Waals surface area contributed by atoms with Crippen LogP contribution in [0.3, 0.4) is 0 Å². The first-order valence-corrected chi connectivity index (χ1v) is 7.27. The number of piperidine rings is 1. The molecule has 1 aromatic carbocycles. The van der Waals surface area contributed by atoms with Gasteiger partial charge >= 0.3 is 0 Å². The van der Waals surface area contributed by atoms with Gasteiger partial charge in [-0.3, -0.25) is 4.90 Å². The summed E-state index contributed by atoms with van der Waals surface area (Å²) in [6.45, 7) is 4.56. The number of benzene rings is 1. The number of nitrogens with zero attached hydrogens (tertiary/aromatic N) is 1. The summed E-state index contributed by atoms with van der Waals surface area (Å²) >= 11 is 0. The minimum absolute atomic E-state index is 0.356. The van der Waals surface area contributed by atoms with E-state index in [1.165, 1.54) is 31.4 Å². The van der Waals surface area contributed by atoms with Crippen LogP contribution in [0.2, 0.25) is 0 Å². The first kappa shape index (κ1) is 12.2. The van der Waals surface area contributed by atoms with Gasteiger partial charge in [0.2, 0.25) is 0 Å². The smallest absolute Gasteiger partial charge is 0.0236 e. The van der Waals surface area contributed by atoms with Crippen molar-refractivity contribution in [2.24, 2.45) is 17.6 Å². The molecule has 4 unspecified atom stereocenters. The molecule has 1 saturated carbocycles. The topological polar surface area (TPSA) is 29.3 Å². The van der Waals surface area contributed by atoms with E-state index in [0.29, 0.717) is 6.04 Å². The van der Waals surface area contributed by atoms with Crippen LogP contribution in [-0.2, 0) is 6.54 Å². The molecule has 2 bridgehead atoms.